The highest BCUT2D eigenvalue weighted by Crippen LogP contribution is 2.20. The van der Waals surface area contributed by atoms with Gasteiger partial charge in [0.15, 0.2) is 5.96 Å². The minimum absolute atomic E-state index is 0.381. The van der Waals surface area contributed by atoms with Gasteiger partial charge in [0.25, 0.3) is 0 Å². The second-order valence-corrected chi connectivity index (χ2v) is 7.60. The van der Waals surface area contributed by atoms with Gasteiger partial charge in [-0.2, -0.15) is 0 Å². The van der Waals surface area contributed by atoms with E-state index in [1.54, 1.807) is 0 Å². The lowest BCUT2D eigenvalue weighted by molar-refractivity contribution is 0.0527. The summed E-state index contributed by atoms with van der Waals surface area (Å²) in [5, 5.41) is 9.30. The lowest BCUT2D eigenvalue weighted by Crippen LogP contribution is -2.38. The maximum atomic E-state index is 11.6. The summed E-state index contributed by atoms with van der Waals surface area (Å²) in [7, 11) is 0. The zero-order chi connectivity index (χ0) is 19.3. The van der Waals surface area contributed by atoms with Crippen LogP contribution in [0.5, 0.6) is 0 Å². The minimum atomic E-state index is -0.466. The summed E-state index contributed by atoms with van der Waals surface area (Å²) in [6.07, 6.45) is 6.89. The van der Waals surface area contributed by atoms with Crippen molar-refractivity contribution in [3.8, 4) is 0 Å². The molecule has 0 atom stereocenters. The molecule has 0 bridgehead atoms. The van der Waals surface area contributed by atoms with Crippen LogP contribution in [0.25, 0.3) is 0 Å². The van der Waals surface area contributed by atoms with Crippen LogP contribution in [0, 0.1) is 0 Å². The molecule has 0 unspecified atom stereocenters. The number of aliphatic imine (C=N–C) groups is 1. The van der Waals surface area contributed by atoms with Crippen molar-refractivity contribution in [2.75, 3.05) is 32.8 Å². The van der Waals surface area contributed by atoms with Gasteiger partial charge < -0.3 is 25.4 Å². The highest BCUT2D eigenvalue weighted by Gasteiger charge is 2.15. The third-order valence-electron chi connectivity index (χ3n) is 3.89. The van der Waals surface area contributed by atoms with Crippen LogP contribution < -0.4 is 16.0 Å². The van der Waals surface area contributed by atoms with Gasteiger partial charge in [0.2, 0.25) is 0 Å². The maximum absolute atomic E-state index is 11.6. The molecule has 0 heterocycles. The highest BCUT2D eigenvalue weighted by atomic mass is 16.6. The van der Waals surface area contributed by atoms with Crippen molar-refractivity contribution in [2.45, 2.75) is 77.9 Å². The molecular weight excluding hydrogens is 332 g/mol. The van der Waals surface area contributed by atoms with Crippen LogP contribution in [0.3, 0.4) is 0 Å². The number of alkyl carbamates (subject to hydrolysis) is 1. The van der Waals surface area contributed by atoms with Crippen LogP contribution in [-0.2, 0) is 9.47 Å². The Hall–Kier alpha value is -1.50. The summed E-state index contributed by atoms with van der Waals surface area (Å²) in [6, 6.07) is 0. The Morgan fingerprint density at radius 2 is 1.77 bits per heavy atom. The number of guanidine groups is 1. The zero-order valence-electron chi connectivity index (χ0n) is 17.0. The lowest BCUT2D eigenvalue weighted by atomic mass is 10.2. The van der Waals surface area contributed by atoms with E-state index in [2.05, 4.69) is 20.9 Å². The number of carbonyl (C=O) groups is 1. The molecule has 152 valence electrons. The van der Waals surface area contributed by atoms with Crippen LogP contribution in [0.2, 0.25) is 0 Å². The van der Waals surface area contributed by atoms with Crippen LogP contribution in [0.1, 0.15) is 66.2 Å². The Kier molecular flexibility index (Phi) is 11.1. The van der Waals surface area contributed by atoms with Gasteiger partial charge in [0.05, 0.1) is 6.10 Å². The van der Waals surface area contributed by atoms with Gasteiger partial charge in [0, 0.05) is 32.8 Å². The number of nitrogens with zero attached hydrogens (tertiary/aromatic N) is 1. The Morgan fingerprint density at radius 3 is 2.42 bits per heavy atom. The molecule has 7 heteroatoms. The third-order valence-corrected chi connectivity index (χ3v) is 3.89. The Labute approximate surface area is 158 Å². The summed E-state index contributed by atoms with van der Waals surface area (Å²) in [6.45, 7) is 11.3. The van der Waals surface area contributed by atoms with Gasteiger partial charge in [-0.1, -0.05) is 12.8 Å². The maximum Gasteiger partial charge on any atom is 0.407 e. The molecule has 26 heavy (non-hydrogen) atoms. The highest BCUT2D eigenvalue weighted by molar-refractivity contribution is 5.79. The molecule has 0 radical (unpaired) electrons. The first-order valence-electron chi connectivity index (χ1n) is 10.0. The molecule has 7 nitrogen and oxygen atoms in total. The van der Waals surface area contributed by atoms with Crippen molar-refractivity contribution in [1.29, 1.82) is 0 Å². The van der Waals surface area contributed by atoms with E-state index >= 15 is 0 Å². The molecule has 1 aliphatic rings. The van der Waals surface area contributed by atoms with E-state index in [1.807, 2.05) is 27.7 Å². The largest absolute Gasteiger partial charge is 0.444 e. The predicted molar refractivity (Wildman–Crippen MR) is 106 cm³/mol. The molecule has 3 N–H and O–H groups in total. The number of rotatable bonds is 10. The topological polar surface area (TPSA) is 84.0 Å². The van der Waals surface area contributed by atoms with Gasteiger partial charge in [-0.3, -0.25) is 4.99 Å². The van der Waals surface area contributed by atoms with E-state index in [9.17, 15) is 4.79 Å². The number of carbonyl (C=O) groups excluding carboxylic acids is 1. The van der Waals surface area contributed by atoms with E-state index in [0.29, 0.717) is 19.2 Å². The third kappa shape index (κ3) is 12.0. The fraction of sp³-hybridized carbons (Fsp3) is 0.895. The SMILES string of the molecule is CCNC(=NCCCNC(=O)OC(C)(C)C)NCCCOC1CCCC1. The van der Waals surface area contributed by atoms with Crippen molar-refractivity contribution in [2.24, 2.45) is 4.99 Å². The zero-order valence-corrected chi connectivity index (χ0v) is 17.0. The fourth-order valence-corrected chi connectivity index (χ4v) is 2.70. The quantitative estimate of drug-likeness (QED) is 0.313. The van der Waals surface area contributed by atoms with E-state index in [-0.39, 0.29) is 6.09 Å². The molecule has 0 saturated heterocycles. The lowest BCUT2D eigenvalue weighted by Gasteiger charge is -2.19. The van der Waals surface area contributed by atoms with Gasteiger partial charge in [-0.25, -0.2) is 4.79 Å². The summed E-state index contributed by atoms with van der Waals surface area (Å²) >= 11 is 0. The van der Waals surface area contributed by atoms with Gasteiger partial charge in [-0.05, 0) is 53.4 Å². The predicted octanol–water partition coefficient (Wildman–Crippen LogP) is 2.81. The molecule has 1 rings (SSSR count). The van der Waals surface area contributed by atoms with Crippen LogP contribution in [-0.4, -0.2) is 56.5 Å². The second kappa shape index (κ2) is 12.8. The molecule has 0 aromatic heterocycles. The van der Waals surface area contributed by atoms with E-state index in [4.69, 9.17) is 9.47 Å². The van der Waals surface area contributed by atoms with Crippen molar-refractivity contribution >= 4 is 12.1 Å². The summed E-state index contributed by atoms with van der Waals surface area (Å²) in [4.78, 5) is 16.1. The van der Waals surface area contributed by atoms with Crippen LogP contribution in [0.15, 0.2) is 4.99 Å². The first-order valence-corrected chi connectivity index (χ1v) is 10.0. The Balaban J connectivity index is 2.10. The van der Waals surface area contributed by atoms with Gasteiger partial charge >= 0.3 is 6.09 Å². The van der Waals surface area contributed by atoms with Crippen molar-refractivity contribution in [3.05, 3.63) is 0 Å². The molecule has 1 aliphatic carbocycles. The smallest absolute Gasteiger partial charge is 0.407 e. The first kappa shape index (κ1) is 22.5. The second-order valence-electron chi connectivity index (χ2n) is 7.60. The average Bonchev–Trinajstić information content (AvgIpc) is 3.05. The van der Waals surface area contributed by atoms with E-state index in [1.165, 1.54) is 25.7 Å². The van der Waals surface area contributed by atoms with E-state index in [0.717, 1.165) is 38.5 Å². The number of hydrogen-bond donors (Lipinski definition) is 3. The number of amides is 1. The normalized spacial score (nSPS) is 15.8. The van der Waals surface area contributed by atoms with Crippen molar-refractivity contribution < 1.29 is 14.3 Å². The molecule has 1 fully saturated rings. The summed E-state index contributed by atoms with van der Waals surface area (Å²) < 4.78 is 11.1. The number of nitrogens with one attached hydrogen (secondary N) is 3. The van der Waals surface area contributed by atoms with Crippen molar-refractivity contribution in [1.82, 2.24) is 16.0 Å². The standard InChI is InChI=1S/C19H38N4O3/c1-5-20-17(22-14-9-15-25-16-10-6-7-11-16)21-12-8-13-23-18(24)26-19(2,3)4/h16H,5-15H2,1-4H3,(H,23,24)(H2,20,21,22). The molecule has 0 aromatic rings. The van der Waals surface area contributed by atoms with Crippen LogP contribution >= 0.6 is 0 Å². The minimum Gasteiger partial charge on any atom is -0.444 e. The molecular formula is C19H38N4O3. The molecule has 0 spiro atoms. The van der Waals surface area contributed by atoms with Crippen molar-refractivity contribution in [3.63, 3.8) is 0 Å². The average molecular weight is 371 g/mol. The Bertz CT molecular complexity index is 415. The fourth-order valence-electron chi connectivity index (χ4n) is 2.70. The van der Waals surface area contributed by atoms with E-state index < -0.39 is 5.60 Å². The number of hydrogen-bond acceptors (Lipinski definition) is 4. The monoisotopic (exact) mass is 370 g/mol. The molecule has 1 saturated carbocycles. The molecule has 1 amide bonds. The van der Waals surface area contributed by atoms with Gasteiger partial charge in [-0.15, -0.1) is 0 Å². The summed E-state index contributed by atoms with van der Waals surface area (Å²) in [5.74, 6) is 0.811. The number of ether oxygens (including phenoxy) is 2. The molecule has 0 aliphatic heterocycles. The molecule has 0 aromatic carbocycles. The Morgan fingerprint density at radius 1 is 1.08 bits per heavy atom. The van der Waals surface area contributed by atoms with Gasteiger partial charge in [0.1, 0.15) is 5.60 Å². The van der Waals surface area contributed by atoms with Crippen LogP contribution in [0.4, 0.5) is 4.79 Å². The first-order chi connectivity index (χ1) is 12.4. The summed E-state index contributed by atoms with van der Waals surface area (Å²) in [5.41, 5.74) is -0.466.